The fourth-order valence-corrected chi connectivity index (χ4v) is 1.83. The van der Waals surface area contributed by atoms with E-state index in [0.717, 1.165) is 13.0 Å². The average Bonchev–Trinajstić information content (AvgIpc) is 2.19. The molecule has 0 radical (unpaired) electrons. The van der Waals surface area contributed by atoms with Crippen LogP contribution < -0.4 is 5.32 Å². The van der Waals surface area contributed by atoms with Crippen molar-refractivity contribution in [3.05, 3.63) is 29.3 Å². The molecule has 0 saturated heterocycles. The molecule has 1 N–H and O–H groups in total. The lowest BCUT2D eigenvalue weighted by atomic mass is 9.96. The Morgan fingerprint density at radius 3 is 3.23 bits per heavy atom. The van der Waals surface area contributed by atoms with Gasteiger partial charge in [0.05, 0.1) is 12.5 Å². The Balaban J connectivity index is 2.41. The van der Waals surface area contributed by atoms with Gasteiger partial charge in [-0.3, -0.25) is 0 Å². The van der Waals surface area contributed by atoms with Crippen molar-refractivity contribution in [3.8, 4) is 6.07 Å². The summed E-state index contributed by atoms with van der Waals surface area (Å²) in [5.74, 6) is 0. The maximum Gasteiger partial charge on any atom is 0.0669 e. The van der Waals surface area contributed by atoms with E-state index >= 15 is 0 Å². The van der Waals surface area contributed by atoms with Crippen LogP contribution in [0.15, 0.2) is 18.2 Å². The van der Waals surface area contributed by atoms with E-state index < -0.39 is 0 Å². The fraction of sp³-hybridized carbons (Fsp3) is 0.364. The zero-order valence-corrected chi connectivity index (χ0v) is 7.51. The van der Waals surface area contributed by atoms with Crippen molar-refractivity contribution in [2.24, 2.45) is 0 Å². The molecule has 1 aliphatic heterocycles. The van der Waals surface area contributed by atoms with Gasteiger partial charge in [-0.2, -0.15) is 5.26 Å². The fourth-order valence-electron chi connectivity index (χ4n) is 1.83. The number of fused-ring (bicyclic) bond motifs is 1. The van der Waals surface area contributed by atoms with Gasteiger partial charge >= 0.3 is 0 Å². The second-order valence-electron chi connectivity index (χ2n) is 3.31. The van der Waals surface area contributed by atoms with E-state index in [4.69, 9.17) is 5.26 Å². The SMILES string of the molecule is N#CCc1cccc2c1CCCN2. The van der Waals surface area contributed by atoms with E-state index in [9.17, 15) is 0 Å². The van der Waals surface area contributed by atoms with Crippen LogP contribution in [0.25, 0.3) is 0 Å². The minimum atomic E-state index is 0.533. The van der Waals surface area contributed by atoms with E-state index in [1.54, 1.807) is 0 Å². The molecule has 0 amide bonds. The minimum Gasteiger partial charge on any atom is -0.385 e. The van der Waals surface area contributed by atoms with Crippen LogP contribution in [0.4, 0.5) is 5.69 Å². The van der Waals surface area contributed by atoms with Gasteiger partial charge in [0.15, 0.2) is 0 Å². The van der Waals surface area contributed by atoms with Crippen molar-refractivity contribution >= 4 is 5.69 Å². The van der Waals surface area contributed by atoms with Crippen LogP contribution in [0, 0.1) is 11.3 Å². The van der Waals surface area contributed by atoms with Gasteiger partial charge in [-0.05, 0) is 30.0 Å². The minimum absolute atomic E-state index is 0.533. The molecule has 0 saturated carbocycles. The first-order valence-electron chi connectivity index (χ1n) is 4.63. The predicted octanol–water partition coefficient (Wildman–Crippen LogP) is 2.11. The number of anilines is 1. The highest BCUT2D eigenvalue weighted by molar-refractivity contribution is 5.56. The zero-order valence-electron chi connectivity index (χ0n) is 7.51. The highest BCUT2D eigenvalue weighted by Gasteiger charge is 2.11. The van der Waals surface area contributed by atoms with E-state index in [0.29, 0.717) is 6.42 Å². The molecule has 2 rings (SSSR count). The Labute approximate surface area is 78.2 Å². The van der Waals surface area contributed by atoms with Crippen LogP contribution in [0.2, 0.25) is 0 Å². The van der Waals surface area contributed by atoms with Crippen LogP contribution in [0.5, 0.6) is 0 Å². The average molecular weight is 172 g/mol. The third kappa shape index (κ3) is 1.50. The molecule has 0 aliphatic carbocycles. The molecule has 0 unspecified atom stereocenters. The lowest BCUT2D eigenvalue weighted by Crippen LogP contribution is -2.13. The monoisotopic (exact) mass is 172 g/mol. The highest BCUT2D eigenvalue weighted by Crippen LogP contribution is 2.25. The Kier molecular flexibility index (Phi) is 2.18. The molecule has 2 heteroatoms. The molecule has 0 bridgehead atoms. The van der Waals surface area contributed by atoms with Gasteiger partial charge in [-0.1, -0.05) is 12.1 Å². The normalized spacial score (nSPS) is 14.1. The number of nitriles is 1. The van der Waals surface area contributed by atoms with Crippen molar-refractivity contribution in [2.75, 3.05) is 11.9 Å². The Morgan fingerprint density at radius 2 is 2.38 bits per heavy atom. The number of benzene rings is 1. The summed E-state index contributed by atoms with van der Waals surface area (Å²) in [5.41, 5.74) is 3.75. The van der Waals surface area contributed by atoms with Crippen LogP contribution in [-0.4, -0.2) is 6.54 Å². The quantitative estimate of drug-likeness (QED) is 0.704. The Bertz CT molecular complexity index is 350. The molecule has 0 spiro atoms. The van der Waals surface area contributed by atoms with Gasteiger partial charge in [0.25, 0.3) is 0 Å². The number of rotatable bonds is 1. The third-order valence-corrected chi connectivity index (χ3v) is 2.46. The van der Waals surface area contributed by atoms with Gasteiger partial charge in [-0.25, -0.2) is 0 Å². The lowest BCUT2D eigenvalue weighted by Gasteiger charge is -2.19. The van der Waals surface area contributed by atoms with Gasteiger partial charge in [-0.15, -0.1) is 0 Å². The van der Waals surface area contributed by atoms with Crippen molar-refractivity contribution in [3.63, 3.8) is 0 Å². The van der Waals surface area contributed by atoms with E-state index in [-0.39, 0.29) is 0 Å². The molecule has 1 aromatic carbocycles. The molecule has 13 heavy (non-hydrogen) atoms. The number of hydrogen-bond donors (Lipinski definition) is 1. The smallest absolute Gasteiger partial charge is 0.0669 e. The topological polar surface area (TPSA) is 35.8 Å². The second-order valence-corrected chi connectivity index (χ2v) is 3.31. The molecule has 1 heterocycles. The molecule has 2 nitrogen and oxygen atoms in total. The van der Waals surface area contributed by atoms with Crippen LogP contribution in [0.1, 0.15) is 17.5 Å². The predicted molar refractivity (Wildman–Crippen MR) is 52.6 cm³/mol. The van der Waals surface area contributed by atoms with Gasteiger partial charge < -0.3 is 5.32 Å². The van der Waals surface area contributed by atoms with Crippen molar-refractivity contribution < 1.29 is 0 Å². The zero-order chi connectivity index (χ0) is 9.10. The first kappa shape index (κ1) is 8.12. The highest BCUT2D eigenvalue weighted by atomic mass is 14.9. The number of nitrogens with one attached hydrogen (secondary N) is 1. The molecular formula is C11H12N2. The lowest BCUT2D eigenvalue weighted by molar-refractivity contribution is 0.821. The van der Waals surface area contributed by atoms with Gasteiger partial charge in [0.1, 0.15) is 0 Å². The van der Waals surface area contributed by atoms with E-state index in [1.807, 2.05) is 6.07 Å². The third-order valence-electron chi connectivity index (χ3n) is 2.46. The Hall–Kier alpha value is -1.49. The summed E-state index contributed by atoms with van der Waals surface area (Å²) in [7, 11) is 0. The molecule has 0 fully saturated rings. The molecule has 0 atom stereocenters. The van der Waals surface area contributed by atoms with Crippen LogP contribution >= 0.6 is 0 Å². The summed E-state index contributed by atoms with van der Waals surface area (Å²) >= 11 is 0. The maximum atomic E-state index is 8.65. The largest absolute Gasteiger partial charge is 0.385 e. The number of nitrogens with zero attached hydrogens (tertiary/aromatic N) is 1. The Morgan fingerprint density at radius 1 is 1.46 bits per heavy atom. The summed E-state index contributed by atoms with van der Waals surface area (Å²) in [5, 5.41) is 12.0. The first-order chi connectivity index (χ1) is 6.42. The summed E-state index contributed by atoms with van der Waals surface area (Å²) in [6.45, 7) is 1.06. The summed E-state index contributed by atoms with van der Waals surface area (Å²) in [4.78, 5) is 0. The molecule has 66 valence electrons. The molecular weight excluding hydrogens is 160 g/mol. The van der Waals surface area contributed by atoms with Gasteiger partial charge in [0, 0.05) is 12.2 Å². The summed E-state index contributed by atoms with van der Waals surface area (Å²) in [6.07, 6.45) is 2.82. The molecule has 0 aromatic heterocycles. The van der Waals surface area contributed by atoms with Crippen molar-refractivity contribution in [1.82, 2.24) is 0 Å². The second kappa shape index (κ2) is 3.49. The van der Waals surface area contributed by atoms with Crippen LogP contribution in [-0.2, 0) is 12.8 Å². The van der Waals surface area contributed by atoms with Gasteiger partial charge in [0.2, 0.25) is 0 Å². The first-order valence-corrected chi connectivity index (χ1v) is 4.63. The van der Waals surface area contributed by atoms with E-state index in [1.165, 1.54) is 23.2 Å². The molecule has 1 aliphatic rings. The summed E-state index contributed by atoms with van der Waals surface area (Å²) in [6, 6.07) is 8.37. The van der Waals surface area contributed by atoms with E-state index in [2.05, 4.69) is 23.5 Å². The summed E-state index contributed by atoms with van der Waals surface area (Å²) < 4.78 is 0. The maximum absolute atomic E-state index is 8.65. The molecule has 1 aromatic rings. The number of hydrogen-bond acceptors (Lipinski definition) is 2. The standard InChI is InChI=1S/C11H12N2/c12-7-6-9-3-1-5-11-10(9)4-2-8-13-11/h1,3,5,13H,2,4,6,8H2. The van der Waals surface area contributed by atoms with Crippen molar-refractivity contribution in [2.45, 2.75) is 19.3 Å². The van der Waals surface area contributed by atoms with Crippen LogP contribution in [0.3, 0.4) is 0 Å². The van der Waals surface area contributed by atoms with Crippen molar-refractivity contribution in [1.29, 1.82) is 5.26 Å².